The third-order valence-corrected chi connectivity index (χ3v) is 5.49. The van der Waals surface area contributed by atoms with Crippen LogP contribution in [0, 0.1) is 10.8 Å². The van der Waals surface area contributed by atoms with E-state index in [0.717, 1.165) is 39.0 Å². The Morgan fingerprint density at radius 2 is 1.83 bits per heavy atom. The van der Waals surface area contributed by atoms with Gasteiger partial charge in [0.25, 0.3) is 0 Å². The van der Waals surface area contributed by atoms with Crippen LogP contribution in [0.1, 0.15) is 52.9 Å². The summed E-state index contributed by atoms with van der Waals surface area (Å²) in [6.07, 6.45) is 5.56. The first-order valence-corrected chi connectivity index (χ1v) is 7.55. The van der Waals surface area contributed by atoms with E-state index in [-0.39, 0.29) is 5.41 Å². The number of carbonyl (C=O) groups excluding carboxylic acids is 1. The summed E-state index contributed by atoms with van der Waals surface area (Å²) in [7, 11) is 0. The molecule has 1 amide bonds. The Bertz CT molecular complexity index is 300. The fourth-order valence-electron chi connectivity index (χ4n) is 3.32. The normalized spacial score (nSPS) is 31.6. The zero-order valence-corrected chi connectivity index (χ0v) is 12.2. The van der Waals surface area contributed by atoms with Crippen LogP contribution in [0.25, 0.3) is 0 Å². The highest BCUT2D eigenvalue weighted by Crippen LogP contribution is 2.37. The van der Waals surface area contributed by atoms with Crippen molar-refractivity contribution in [1.82, 2.24) is 10.2 Å². The Kier molecular flexibility index (Phi) is 4.00. The van der Waals surface area contributed by atoms with Crippen molar-refractivity contribution in [3.63, 3.8) is 0 Å². The molecule has 2 aliphatic heterocycles. The molecule has 1 unspecified atom stereocenters. The Balaban J connectivity index is 1.99. The van der Waals surface area contributed by atoms with E-state index in [1.165, 1.54) is 19.3 Å². The number of likely N-dealkylation sites (tertiary alicyclic amines) is 1. The lowest BCUT2D eigenvalue weighted by molar-refractivity contribution is -0.143. The van der Waals surface area contributed by atoms with Crippen LogP contribution in [0.5, 0.6) is 0 Å². The second-order valence-electron chi connectivity index (χ2n) is 6.52. The summed E-state index contributed by atoms with van der Waals surface area (Å²) < 4.78 is 0. The van der Waals surface area contributed by atoms with Gasteiger partial charge in [-0.3, -0.25) is 4.79 Å². The van der Waals surface area contributed by atoms with Gasteiger partial charge in [-0.25, -0.2) is 0 Å². The van der Waals surface area contributed by atoms with Crippen molar-refractivity contribution in [1.29, 1.82) is 0 Å². The lowest BCUT2D eigenvalue weighted by atomic mass is 9.76. The summed E-state index contributed by atoms with van der Waals surface area (Å²) in [5, 5.41) is 3.36. The SMILES string of the molecule is CCC1(C)CCN(C(=O)C2(CC)CCNC2)CC1. The minimum Gasteiger partial charge on any atom is -0.342 e. The lowest BCUT2D eigenvalue weighted by Gasteiger charge is -2.42. The first kappa shape index (κ1) is 13.9. The number of rotatable bonds is 3. The van der Waals surface area contributed by atoms with E-state index in [0.29, 0.717) is 11.3 Å². The first-order valence-electron chi connectivity index (χ1n) is 7.55. The number of nitrogens with one attached hydrogen (secondary N) is 1. The van der Waals surface area contributed by atoms with E-state index >= 15 is 0 Å². The highest BCUT2D eigenvalue weighted by Gasteiger charge is 2.43. The number of piperidine rings is 1. The second-order valence-corrected chi connectivity index (χ2v) is 6.52. The van der Waals surface area contributed by atoms with Gasteiger partial charge in [0.2, 0.25) is 5.91 Å². The Morgan fingerprint density at radius 1 is 1.17 bits per heavy atom. The van der Waals surface area contributed by atoms with Gasteiger partial charge >= 0.3 is 0 Å². The molecule has 1 N–H and O–H groups in total. The van der Waals surface area contributed by atoms with E-state index in [2.05, 4.69) is 31.0 Å². The summed E-state index contributed by atoms with van der Waals surface area (Å²) in [4.78, 5) is 14.9. The Morgan fingerprint density at radius 3 is 2.28 bits per heavy atom. The van der Waals surface area contributed by atoms with Gasteiger partial charge in [0.15, 0.2) is 0 Å². The van der Waals surface area contributed by atoms with Crippen molar-refractivity contribution in [2.24, 2.45) is 10.8 Å². The van der Waals surface area contributed by atoms with Gasteiger partial charge in [-0.05, 0) is 37.6 Å². The van der Waals surface area contributed by atoms with Crippen LogP contribution in [-0.4, -0.2) is 37.0 Å². The molecule has 104 valence electrons. The van der Waals surface area contributed by atoms with Gasteiger partial charge in [-0.2, -0.15) is 0 Å². The number of carbonyl (C=O) groups is 1. The number of hydrogen-bond donors (Lipinski definition) is 1. The van der Waals surface area contributed by atoms with Crippen LogP contribution in [-0.2, 0) is 4.79 Å². The van der Waals surface area contributed by atoms with Crippen molar-refractivity contribution >= 4 is 5.91 Å². The van der Waals surface area contributed by atoms with E-state index in [1.807, 2.05) is 0 Å². The third kappa shape index (κ3) is 2.42. The number of amides is 1. The van der Waals surface area contributed by atoms with Crippen LogP contribution >= 0.6 is 0 Å². The van der Waals surface area contributed by atoms with Crippen LogP contribution in [0.2, 0.25) is 0 Å². The molecule has 0 aromatic carbocycles. The molecule has 0 aromatic rings. The third-order valence-electron chi connectivity index (χ3n) is 5.49. The first-order chi connectivity index (χ1) is 8.55. The van der Waals surface area contributed by atoms with E-state index in [4.69, 9.17) is 0 Å². The summed E-state index contributed by atoms with van der Waals surface area (Å²) in [6.45, 7) is 10.6. The van der Waals surface area contributed by atoms with E-state index in [1.54, 1.807) is 0 Å². The molecule has 3 heteroatoms. The van der Waals surface area contributed by atoms with Crippen molar-refractivity contribution < 1.29 is 4.79 Å². The molecular formula is C15H28N2O. The minimum absolute atomic E-state index is 0.0973. The summed E-state index contributed by atoms with van der Waals surface area (Å²) in [6, 6.07) is 0. The molecule has 2 rings (SSSR count). The predicted octanol–water partition coefficient (Wildman–Crippen LogP) is 2.41. The molecule has 0 radical (unpaired) electrons. The molecule has 3 nitrogen and oxygen atoms in total. The zero-order valence-electron chi connectivity index (χ0n) is 12.2. The summed E-state index contributed by atoms with van der Waals surface area (Å²) >= 11 is 0. The molecule has 2 aliphatic rings. The smallest absolute Gasteiger partial charge is 0.230 e. The molecule has 2 fully saturated rings. The lowest BCUT2D eigenvalue weighted by Crippen LogP contribution is -2.49. The van der Waals surface area contributed by atoms with Gasteiger partial charge in [-0.1, -0.05) is 27.2 Å². The maximum absolute atomic E-state index is 12.7. The largest absolute Gasteiger partial charge is 0.342 e. The molecule has 0 aromatic heterocycles. The highest BCUT2D eigenvalue weighted by atomic mass is 16.2. The molecule has 0 bridgehead atoms. The van der Waals surface area contributed by atoms with Gasteiger partial charge in [-0.15, -0.1) is 0 Å². The second kappa shape index (κ2) is 5.20. The standard InChI is InChI=1S/C15H28N2O/c1-4-14(3)7-10-17(11-8-14)13(18)15(5-2)6-9-16-12-15/h16H,4-12H2,1-3H3. The molecule has 2 heterocycles. The fourth-order valence-corrected chi connectivity index (χ4v) is 3.32. The van der Waals surface area contributed by atoms with Crippen molar-refractivity contribution in [3.8, 4) is 0 Å². The number of nitrogens with zero attached hydrogens (tertiary/aromatic N) is 1. The minimum atomic E-state index is -0.0973. The van der Waals surface area contributed by atoms with Gasteiger partial charge < -0.3 is 10.2 Å². The van der Waals surface area contributed by atoms with Crippen LogP contribution in [0.4, 0.5) is 0 Å². The maximum atomic E-state index is 12.7. The summed E-state index contributed by atoms with van der Waals surface area (Å²) in [5.41, 5.74) is 0.365. The van der Waals surface area contributed by atoms with Crippen molar-refractivity contribution in [3.05, 3.63) is 0 Å². The quantitative estimate of drug-likeness (QED) is 0.836. The van der Waals surface area contributed by atoms with Crippen LogP contribution < -0.4 is 5.32 Å². The molecule has 18 heavy (non-hydrogen) atoms. The van der Waals surface area contributed by atoms with Gasteiger partial charge in [0, 0.05) is 19.6 Å². The van der Waals surface area contributed by atoms with E-state index in [9.17, 15) is 4.79 Å². The van der Waals surface area contributed by atoms with E-state index < -0.39 is 0 Å². The fraction of sp³-hybridized carbons (Fsp3) is 0.933. The predicted molar refractivity (Wildman–Crippen MR) is 74.4 cm³/mol. The number of hydrogen-bond acceptors (Lipinski definition) is 2. The van der Waals surface area contributed by atoms with Crippen molar-refractivity contribution in [2.45, 2.75) is 52.9 Å². The Hall–Kier alpha value is -0.570. The van der Waals surface area contributed by atoms with Crippen LogP contribution in [0.3, 0.4) is 0 Å². The topological polar surface area (TPSA) is 32.3 Å². The zero-order chi connectivity index (χ0) is 13.2. The molecule has 0 aliphatic carbocycles. The Labute approximate surface area is 111 Å². The van der Waals surface area contributed by atoms with Gasteiger partial charge in [0.1, 0.15) is 0 Å². The molecule has 2 saturated heterocycles. The maximum Gasteiger partial charge on any atom is 0.230 e. The molecular weight excluding hydrogens is 224 g/mol. The van der Waals surface area contributed by atoms with Gasteiger partial charge in [0.05, 0.1) is 5.41 Å². The average molecular weight is 252 g/mol. The van der Waals surface area contributed by atoms with Crippen molar-refractivity contribution in [2.75, 3.05) is 26.2 Å². The summed E-state index contributed by atoms with van der Waals surface area (Å²) in [5.74, 6) is 0.410. The van der Waals surface area contributed by atoms with Crippen LogP contribution in [0.15, 0.2) is 0 Å². The average Bonchev–Trinajstić information content (AvgIpc) is 2.89. The molecule has 0 saturated carbocycles. The highest BCUT2D eigenvalue weighted by molar-refractivity contribution is 5.83. The molecule has 1 atom stereocenters. The molecule has 0 spiro atoms. The monoisotopic (exact) mass is 252 g/mol.